The molecule has 1 heterocycles. The normalized spacial score (nSPS) is 16.9. The van der Waals surface area contributed by atoms with E-state index in [2.05, 4.69) is 43.0 Å². The average molecular weight is 573 g/mol. The zero-order chi connectivity index (χ0) is 28.0. The van der Waals surface area contributed by atoms with Crippen molar-refractivity contribution >= 4 is 35.2 Å². The molecule has 214 valence electrons. The molecule has 5 nitrogen and oxygen atoms in total. The third-order valence-corrected chi connectivity index (χ3v) is 8.65. The van der Waals surface area contributed by atoms with Crippen LogP contribution in [0.15, 0.2) is 54.6 Å². The molecule has 2 aromatic carbocycles. The van der Waals surface area contributed by atoms with Crippen LogP contribution in [0.2, 0.25) is 5.02 Å². The molecule has 0 aromatic heterocycles. The molecule has 0 saturated heterocycles. The Kier molecular flexibility index (Phi) is 13.5. The highest BCUT2D eigenvalue weighted by Crippen LogP contribution is 2.35. The number of nitrogens with zero attached hydrogens (tertiary/aromatic N) is 1. The number of benzene rings is 2. The number of carbonyl (C=O) groups is 1. The van der Waals surface area contributed by atoms with Crippen molar-refractivity contribution < 1.29 is 13.7 Å². The number of allylic oxidation sites excluding steroid dienone is 2. The Morgan fingerprint density at radius 1 is 1.28 bits per heavy atom. The van der Waals surface area contributed by atoms with Crippen LogP contribution in [-0.4, -0.2) is 38.5 Å². The van der Waals surface area contributed by atoms with Gasteiger partial charge in [-0.3, -0.25) is 4.79 Å². The summed E-state index contributed by atoms with van der Waals surface area (Å²) in [6.07, 6.45) is 12.2. The fourth-order valence-corrected chi connectivity index (χ4v) is 5.83. The van der Waals surface area contributed by atoms with E-state index < -0.39 is 5.91 Å². The maximum Gasteiger partial charge on any atom is 0.248 e. The number of anilines is 1. The molecule has 2 aromatic rings. The molecule has 0 bridgehead atoms. The van der Waals surface area contributed by atoms with Crippen molar-refractivity contribution in [1.29, 1.82) is 0 Å². The number of hydrogen-bond acceptors (Lipinski definition) is 5. The van der Waals surface area contributed by atoms with Crippen LogP contribution in [0.25, 0.3) is 0 Å². The number of fused-ring (bicyclic) bond motifs is 1. The molecular weight excluding hydrogens is 528 g/mol. The van der Waals surface area contributed by atoms with Gasteiger partial charge in [-0.2, -0.15) is 0 Å². The van der Waals surface area contributed by atoms with Gasteiger partial charge in [-0.1, -0.05) is 56.2 Å². The zero-order valence-electron chi connectivity index (χ0n) is 23.7. The van der Waals surface area contributed by atoms with Crippen LogP contribution in [0.4, 0.5) is 5.69 Å². The lowest BCUT2D eigenvalue weighted by Crippen LogP contribution is -2.34. The van der Waals surface area contributed by atoms with E-state index in [0.717, 1.165) is 80.2 Å². The van der Waals surface area contributed by atoms with Crippen LogP contribution in [0.3, 0.4) is 0 Å². The van der Waals surface area contributed by atoms with Gasteiger partial charge in [0.05, 0.1) is 19.4 Å². The van der Waals surface area contributed by atoms with E-state index >= 15 is 0 Å². The van der Waals surface area contributed by atoms with E-state index in [0.29, 0.717) is 29.9 Å². The summed E-state index contributed by atoms with van der Waals surface area (Å²) in [6, 6.07) is 13.7. The van der Waals surface area contributed by atoms with Gasteiger partial charge in [-0.25, -0.2) is 0 Å². The summed E-state index contributed by atoms with van der Waals surface area (Å²) >= 11 is 7.71. The summed E-state index contributed by atoms with van der Waals surface area (Å²) in [4.78, 5) is 14.4. The Morgan fingerprint density at radius 3 is 2.87 bits per heavy atom. The number of hydrogen-bond donors (Lipinski definition) is 1. The topological polar surface area (TPSA) is 64.8 Å². The fraction of sp³-hybridized carbons (Fsp3) is 0.531. The Bertz CT molecular complexity index is 1060. The highest BCUT2D eigenvalue weighted by molar-refractivity contribution is 7.94. The lowest BCUT2D eigenvalue weighted by Gasteiger charge is -2.30. The molecule has 3 atom stereocenters. The van der Waals surface area contributed by atoms with Gasteiger partial charge < -0.3 is 19.6 Å². The van der Waals surface area contributed by atoms with Crippen molar-refractivity contribution in [2.24, 2.45) is 23.5 Å². The quantitative estimate of drug-likeness (QED) is 0.163. The minimum Gasteiger partial charge on any atom is -0.491 e. The van der Waals surface area contributed by atoms with Gasteiger partial charge in [0.15, 0.2) is 0 Å². The number of amides is 1. The van der Waals surface area contributed by atoms with Crippen LogP contribution in [0, 0.1) is 17.8 Å². The third kappa shape index (κ3) is 10.7. The molecule has 0 aliphatic carbocycles. The second-order valence-electron chi connectivity index (χ2n) is 10.8. The van der Waals surface area contributed by atoms with Crippen molar-refractivity contribution in [3.05, 3.63) is 70.8 Å². The number of ether oxygens (including phenoxy) is 1. The van der Waals surface area contributed by atoms with E-state index in [1.807, 2.05) is 24.3 Å². The average Bonchev–Trinajstić information content (AvgIpc) is 3.09. The highest BCUT2D eigenvalue weighted by atomic mass is 35.5. The molecule has 0 fully saturated rings. The van der Waals surface area contributed by atoms with Crippen molar-refractivity contribution in [2.45, 2.75) is 58.8 Å². The Morgan fingerprint density at radius 2 is 2.13 bits per heavy atom. The third-order valence-electron chi connectivity index (χ3n) is 7.48. The van der Waals surface area contributed by atoms with Crippen LogP contribution in [0.1, 0.15) is 68.3 Å². The molecule has 2 N–H and O–H groups in total. The van der Waals surface area contributed by atoms with E-state index in [1.54, 1.807) is 13.2 Å². The summed E-state index contributed by atoms with van der Waals surface area (Å²) in [7, 11) is 1.73. The van der Waals surface area contributed by atoms with E-state index in [-0.39, 0.29) is 0 Å². The zero-order valence-corrected chi connectivity index (χ0v) is 25.3. The number of primary amides is 1. The fourth-order valence-electron chi connectivity index (χ4n) is 5.11. The first-order valence-electron chi connectivity index (χ1n) is 14.3. The molecule has 0 spiro atoms. The second-order valence-corrected chi connectivity index (χ2v) is 12.1. The molecule has 7 heteroatoms. The number of nitrogens with two attached hydrogens (primary N) is 1. The number of carbonyl (C=O) groups excluding carboxylic acids is 1. The Balaban J connectivity index is 1.63. The van der Waals surface area contributed by atoms with Gasteiger partial charge in [0.25, 0.3) is 0 Å². The summed E-state index contributed by atoms with van der Waals surface area (Å²) in [5.74, 6) is 3.01. The predicted molar refractivity (Wildman–Crippen MR) is 166 cm³/mol. The first kappa shape index (κ1) is 31.4. The Hall–Kier alpha value is -2.15. The van der Waals surface area contributed by atoms with Gasteiger partial charge in [-0.15, -0.1) is 0 Å². The number of halogens is 1. The van der Waals surface area contributed by atoms with Gasteiger partial charge >= 0.3 is 0 Å². The lowest BCUT2D eigenvalue weighted by molar-refractivity contribution is 0.100. The van der Waals surface area contributed by atoms with E-state index in [1.165, 1.54) is 17.6 Å². The molecule has 1 aliphatic heterocycles. The maximum absolute atomic E-state index is 12.0. The second kappa shape index (κ2) is 16.8. The summed E-state index contributed by atoms with van der Waals surface area (Å²) in [6.45, 7) is 7.06. The van der Waals surface area contributed by atoms with Crippen molar-refractivity contribution in [3.8, 4) is 5.75 Å². The molecule has 1 unspecified atom stereocenters. The van der Waals surface area contributed by atoms with E-state index in [9.17, 15) is 4.79 Å². The molecule has 1 amide bonds. The number of rotatable bonds is 16. The standard InChI is InChI=1S/C32H45ClN2O3S/c1-4-25(11-7-5-6-10-24(2)23-39-37-3)20-35-21-27(14-8-12-26-13-9-15-29(33)18-26)22-38-31-17-16-28(32(34)36)19-30(31)35/h5-6,9,13,15-19,24-25,27H,4,7-8,10-12,14,20-23H2,1-3H3,(H2,34,36)/b6-5+/t24-,25+,27?/m0/s1. The summed E-state index contributed by atoms with van der Waals surface area (Å²) in [5.41, 5.74) is 8.42. The van der Waals surface area contributed by atoms with Crippen molar-refractivity contribution in [2.75, 3.05) is 37.5 Å². The smallest absolute Gasteiger partial charge is 0.248 e. The summed E-state index contributed by atoms with van der Waals surface area (Å²) < 4.78 is 11.4. The molecular formula is C32H45ClN2O3S. The molecule has 0 saturated carbocycles. The Labute approximate surface area is 244 Å². The minimum absolute atomic E-state index is 0.400. The largest absolute Gasteiger partial charge is 0.491 e. The van der Waals surface area contributed by atoms with Gasteiger partial charge in [0, 0.05) is 35.3 Å². The van der Waals surface area contributed by atoms with Crippen LogP contribution in [0.5, 0.6) is 5.75 Å². The van der Waals surface area contributed by atoms with Crippen LogP contribution >= 0.6 is 23.6 Å². The monoisotopic (exact) mass is 572 g/mol. The summed E-state index contributed by atoms with van der Waals surface area (Å²) in [5, 5.41) is 0.789. The number of aryl methyl sites for hydroxylation is 1. The highest BCUT2D eigenvalue weighted by Gasteiger charge is 2.25. The van der Waals surface area contributed by atoms with Gasteiger partial charge in [-0.05, 0) is 98.3 Å². The minimum atomic E-state index is -0.407. The van der Waals surface area contributed by atoms with Crippen molar-refractivity contribution in [3.63, 3.8) is 0 Å². The molecule has 0 radical (unpaired) electrons. The predicted octanol–water partition coefficient (Wildman–Crippen LogP) is 7.96. The molecule has 1 aliphatic rings. The lowest BCUT2D eigenvalue weighted by atomic mass is 9.96. The molecule has 39 heavy (non-hydrogen) atoms. The van der Waals surface area contributed by atoms with Crippen LogP contribution < -0.4 is 15.4 Å². The SMILES string of the molecule is CC[C@H](CC/C=C/C[C@H](C)CSOC)CN1CC(CCCc2cccc(Cl)c2)COc2ccc(C(N)=O)cc21. The van der Waals surface area contributed by atoms with Gasteiger partial charge in [0.1, 0.15) is 5.75 Å². The first-order chi connectivity index (χ1) is 18.9. The van der Waals surface area contributed by atoms with Gasteiger partial charge in [0.2, 0.25) is 5.91 Å². The molecule has 3 rings (SSSR count). The van der Waals surface area contributed by atoms with Crippen LogP contribution in [-0.2, 0) is 10.6 Å². The maximum atomic E-state index is 12.0. The first-order valence-corrected chi connectivity index (χ1v) is 15.5. The van der Waals surface area contributed by atoms with E-state index in [4.69, 9.17) is 26.3 Å². The van der Waals surface area contributed by atoms with Crippen molar-refractivity contribution in [1.82, 2.24) is 0 Å².